The summed E-state index contributed by atoms with van der Waals surface area (Å²) >= 11 is 0. The van der Waals surface area contributed by atoms with E-state index in [0.29, 0.717) is 0 Å². The van der Waals surface area contributed by atoms with E-state index in [1.807, 2.05) is 36.4 Å². The van der Waals surface area contributed by atoms with Crippen molar-refractivity contribution in [2.45, 2.75) is 38.0 Å². The van der Waals surface area contributed by atoms with Crippen molar-refractivity contribution in [2.75, 3.05) is 26.2 Å². The van der Waals surface area contributed by atoms with Crippen molar-refractivity contribution in [1.29, 1.82) is 0 Å². The minimum atomic E-state index is -1.68. The van der Waals surface area contributed by atoms with E-state index in [0.717, 1.165) is 22.3 Å². The van der Waals surface area contributed by atoms with Crippen LogP contribution in [0.1, 0.15) is 37.8 Å². The maximum atomic E-state index is 14.7. The number of rotatable bonds is 4. The molecule has 1 saturated heterocycles. The third kappa shape index (κ3) is 4.50. The highest BCUT2D eigenvalue weighted by Gasteiger charge is 2.47. The number of benzene rings is 2. The molecule has 0 bridgehead atoms. The van der Waals surface area contributed by atoms with Gasteiger partial charge in [0.2, 0.25) is 0 Å². The van der Waals surface area contributed by atoms with Gasteiger partial charge in [0.15, 0.2) is 5.67 Å². The van der Waals surface area contributed by atoms with Gasteiger partial charge in [0.05, 0.1) is 19.6 Å². The van der Waals surface area contributed by atoms with Crippen LogP contribution in [0.15, 0.2) is 48.5 Å². The number of amides is 2. The molecule has 0 atom stereocenters. The summed E-state index contributed by atoms with van der Waals surface area (Å²) in [5, 5.41) is 2.49. The number of likely N-dealkylation sites (tertiary alicyclic amines) is 1. The standard InChI is InChI=1S/C24H27FN2O4/c1-23(2,3)31-22(29)27-14-24(25,15-27)13-26-21(28)30-12-20-18-10-6-4-8-16(18)17-9-5-7-11-19(17)20/h4-11,20H,12-15H2,1-3H3,(H,26,28). The summed E-state index contributed by atoms with van der Waals surface area (Å²) in [6.07, 6.45) is -1.23. The molecule has 1 aliphatic carbocycles. The van der Waals surface area contributed by atoms with Crippen molar-refractivity contribution in [1.82, 2.24) is 10.2 Å². The second kappa shape index (κ2) is 7.87. The largest absolute Gasteiger partial charge is 0.449 e. The second-order valence-corrected chi connectivity index (χ2v) is 9.17. The van der Waals surface area contributed by atoms with Crippen LogP contribution in [0.25, 0.3) is 11.1 Å². The lowest BCUT2D eigenvalue weighted by atomic mass is 9.97. The van der Waals surface area contributed by atoms with Crippen LogP contribution in [0.5, 0.6) is 0 Å². The average Bonchev–Trinajstić information content (AvgIpc) is 3.01. The monoisotopic (exact) mass is 426 g/mol. The molecule has 6 nitrogen and oxygen atoms in total. The molecule has 2 aromatic carbocycles. The number of alkyl carbamates (subject to hydrolysis) is 1. The van der Waals surface area contributed by atoms with Crippen LogP contribution < -0.4 is 5.32 Å². The van der Waals surface area contributed by atoms with Gasteiger partial charge >= 0.3 is 12.2 Å². The van der Waals surface area contributed by atoms with Gasteiger partial charge in [0.1, 0.15) is 12.2 Å². The second-order valence-electron chi connectivity index (χ2n) is 9.17. The van der Waals surface area contributed by atoms with Crippen LogP contribution in [0.2, 0.25) is 0 Å². The Morgan fingerprint density at radius 3 is 2.16 bits per heavy atom. The molecule has 1 heterocycles. The van der Waals surface area contributed by atoms with E-state index < -0.39 is 23.5 Å². The molecule has 0 unspecified atom stereocenters. The van der Waals surface area contributed by atoms with Crippen molar-refractivity contribution in [3.63, 3.8) is 0 Å². The molecule has 164 valence electrons. The van der Waals surface area contributed by atoms with E-state index in [9.17, 15) is 14.0 Å². The van der Waals surface area contributed by atoms with E-state index in [1.54, 1.807) is 20.8 Å². The number of alkyl halides is 1. The third-order valence-electron chi connectivity index (χ3n) is 5.49. The van der Waals surface area contributed by atoms with Crippen molar-refractivity contribution >= 4 is 12.2 Å². The molecule has 4 rings (SSSR count). The molecule has 2 aliphatic rings. The van der Waals surface area contributed by atoms with Gasteiger partial charge in [-0.2, -0.15) is 0 Å². The summed E-state index contributed by atoms with van der Waals surface area (Å²) in [5.74, 6) is -0.0520. The zero-order valence-electron chi connectivity index (χ0n) is 18.0. The molecule has 0 saturated carbocycles. The van der Waals surface area contributed by atoms with Crippen molar-refractivity contribution in [3.8, 4) is 11.1 Å². The van der Waals surface area contributed by atoms with Gasteiger partial charge in [-0.1, -0.05) is 48.5 Å². The first-order chi connectivity index (χ1) is 14.7. The summed E-state index contributed by atoms with van der Waals surface area (Å²) in [6, 6.07) is 16.1. The lowest BCUT2D eigenvalue weighted by Crippen LogP contribution is -2.65. The fourth-order valence-corrected chi connectivity index (χ4v) is 4.09. The van der Waals surface area contributed by atoms with Crippen LogP contribution in [0.4, 0.5) is 14.0 Å². The summed E-state index contributed by atoms with van der Waals surface area (Å²) in [6.45, 7) is 4.98. The van der Waals surface area contributed by atoms with Crippen molar-refractivity contribution in [2.24, 2.45) is 0 Å². The number of carbonyl (C=O) groups excluding carboxylic acids is 2. The fraction of sp³-hybridized carbons (Fsp3) is 0.417. The topological polar surface area (TPSA) is 67.9 Å². The normalized spacial score (nSPS) is 16.7. The molecule has 31 heavy (non-hydrogen) atoms. The van der Waals surface area contributed by atoms with Gasteiger partial charge in [-0.15, -0.1) is 0 Å². The van der Waals surface area contributed by atoms with Gasteiger partial charge in [-0.05, 0) is 43.0 Å². The minimum Gasteiger partial charge on any atom is -0.449 e. The Hall–Kier alpha value is -3.09. The average molecular weight is 426 g/mol. The molecular weight excluding hydrogens is 399 g/mol. The van der Waals surface area contributed by atoms with E-state index in [2.05, 4.69) is 17.4 Å². The molecule has 0 radical (unpaired) electrons. The molecule has 2 aromatic rings. The highest BCUT2D eigenvalue weighted by Crippen LogP contribution is 2.44. The molecule has 2 amide bonds. The number of halogens is 1. The van der Waals surface area contributed by atoms with E-state index in [1.165, 1.54) is 4.90 Å². The minimum absolute atomic E-state index is 0.0520. The first kappa shape index (κ1) is 21.2. The number of fused-ring (bicyclic) bond motifs is 3. The summed E-state index contributed by atoms with van der Waals surface area (Å²) in [7, 11) is 0. The summed E-state index contributed by atoms with van der Waals surface area (Å²) < 4.78 is 25.4. The predicted octanol–water partition coefficient (Wildman–Crippen LogP) is 4.48. The van der Waals surface area contributed by atoms with Gasteiger partial charge in [0.25, 0.3) is 0 Å². The molecular formula is C24H27FN2O4. The number of nitrogens with zero attached hydrogens (tertiary/aromatic N) is 1. The Kier molecular flexibility index (Phi) is 5.37. The molecule has 1 N–H and O–H groups in total. The van der Waals surface area contributed by atoms with Crippen LogP contribution in [-0.4, -0.2) is 54.6 Å². The summed E-state index contributed by atoms with van der Waals surface area (Å²) in [4.78, 5) is 25.4. The number of carbonyl (C=O) groups is 2. The third-order valence-corrected chi connectivity index (χ3v) is 5.49. The van der Waals surface area contributed by atoms with Crippen LogP contribution in [0, 0.1) is 0 Å². The van der Waals surface area contributed by atoms with E-state index in [4.69, 9.17) is 9.47 Å². The van der Waals surface area contributed by atoms with Crippen LogP contribution in [-0.2, 0) is 9.47 Å². The first-order valence-electron chi connectivity index (χ1n) is 10.4. The SMILES string of the molecule is CC(C)(C)OC(=O)N1CC(F)(CNC(=O)OCC2c3ccccc3-c3ccccc32)C1. The highest BCUT2D eigenvalue weighted by atomic mass is 19.1. The molecule has 7 heteroatoms. The summed E-state index contributed by atoms with van der Waals surface area (Å²) in [5.41, 5.74) is 2.21. The molecule has 1 aliphatic heterocycles. The van der Waals surface area contributed by atoms with Gasteiger partial charge < -0.3 is 19.7 Å². The Morgan fingerprint density at radius 2 is 1.61 bits per heavy atom. The molecule has 0 spiro atoms. The zero-order chi connectivity index (χ0) is 22.2. The van der Waals surface area contributed by atoms with Crippen molar-refractivity contribution < 1.29 is 23.5 Å². The molecule has 1 fully saturated rings. The maximum absolute atomic E-state index is 14.7. The lowest BCUT2D eigenvalue weighted by molar-refractivity contribution is -0.0492. The Bertz CT molecular complexity index is 950. The number of nitrogens with one attached hydrogen (secondary N) is 1. The Morgan fingerprint density at radius 1 is 1.06 bits per heavy atom. The van der Waals surface area contributed by atoms with Crippen LogP contribution >= 0.6 is 0 Å². The molecule has 0 aromatic heterocycles. The number of ether oxygens (including phenoxy) is 2. The highest BCUT2D eigenvalue weighted by molar-refractivity contribution is 5.79. The van der Waals surface area contributed by atoms with Crippen LogP contribution in [0.3, 0.4) is 0 Å². The maximum Gasteiger partial charge on any atom is 0.410 e. The van der Waals surface area contributed by atoms with E-state index in [-0.39, 0.29) is 32.2 Å². The predicted molar refractivity (Wildman–Crippen MR) is 115 cm³/mol. The van der Waals surface area contributed by atoms with Crippen molar-refractivity contribution in [3.05, 3.63) is 59.7 Å². The zero-order valence-corrected chi connectivity index (χ0v) is 18.0. The quantitative estimate of drug-likeness (QED) is 0.783. The van der Waals surface area contributed by atoms with Gasteiger partial charge in [0, 0.05) is 5.92 Å². The fourth-order valence-electron chi connectivity index (χ4n) is 4.09. The smallest absolute Gasteiger partial charge is 0.410 e. The lowest BCUT2D eigenvalue weighted by Gasteiger charge is -2.44. The van der Waals surface area contributed by atoms with Gasteiger partial charge in [-0.25, -0.2) is 14.0 Å². The Balaban J connectivity index is 1.28. The van der Waals surface area contributed by atoms with E-state index >= 15 is 0 Å². The first-order valence-corrected chi connectivity index (χ1v) is 10.4. The van der Waals surface area contributed by atoms with Gasteiger partial charge in [-0.3, -0.25) is 0 Å². The number of hydrogen-bond donors (Lipinski definition) is 1. The number of hydrogen-bond acceptors (Lipinski definition) is 4. The Labute approximate surface area is 181 Å².